The maximum atomic E-state index is 12.5. The zero-order valence-electron chi connectivity index (χ0n) is 12.6. The molecule has 1 aromatic carbocycles. The quantitative estimate of drug-likeness (QED) is 0.917. The van der Waals surface area contributed by atoms with Gasteiger partial charge in [0.2, 0.25) is 0 Å². The first-order valence-electron chi connectivity index (χ1n) is 7.51. The van der Waals surface area contributed by atoms with E-state index in [9.17, 15) is 4.79 Å². The number of halogens is 2. The third kappa shape index (κ3) is 3.50. The number of carbonyl (C=O) groups excluding carboxylic acids is 1. The summed E-state index contributed by atoms with van der Waals surface area (Å²) in [4.78, 5) is 14.4. The molecule has 4 unspecified atom stereocenters. The molecule has 0 radical (unpaired) electrons. The van der Waals surface area contributed by atoms with Crippen LogP contribution in [-0.2, 0) is 4.79 Å². The molecule has 1 saturated carbocycles. The zero-order chi connectivity index (χ0) is 15.0. The van der Waals surface area contributed by atoms with E-state index in [0.29, 0.717) is 22.6 Å². The Kier molecular flexibility index (Phi) is 5.59. The van der Waals surface area contributed by atoms with Gasteiger partial charge in [0.05, 0.1) is 0 Å². The molecule has 1 aliphatic carbocycles. The van der Waals surface area contributed by atoms with Crippen molar-refractivity contribution >= 4 is 29.9 Å². The molecule has 6 heteroatoms. The Balaban J connectivity index is 0.00000176. The number of benzene rings is 1. The lowest BCUT2D eigenvalue weighted by Crippen LogP contribution is -2.40. The third-order valence-electron chi connectivity index (χ3n) is 4.68. The number of ether oxygens (including phenoxy) is 1. The van der Waals surface area contributed by atoms with E-state index in [-0.39, 0.29) is 24.4 Å². The fourth-order valence-electron chi connectivity index (χ4n) is 3.54. The van der Waals surface area contributed by atoms with E-state index in [1.165, 1.54) is 0 Å². The highest BCUT2D eigenvalue weighted by Crippen LogP contribution is 2.37. The van der Waals surface area contributed by atoms with E-state index < -0.39 is 6.10 Å². The number of amides is 1. The number of fused-ring (bicyclic) bond motifs is 1. The van der Waals surface area contributed by atoms with Gasteiger partial charge < -0.3 is 15.4 Å². The molecule has 1 amide bonds. The van der Waals surface area contributed by atoms with Crippen LogP contribution in [0.15, 0.2) is 24.3 Å². The summed E-state index contributed by atoms with van der Waals surface area (Å²) in [5, 5.41) is 0.605. The van der Waals surface area contributed by atoms with Crippen LogP contribution in [0.4, 0.5) is 0 Å². The van der Waals surface area contributed by atoms with Gasteiger partial charge in [-0.05, 0) is 49.8 Å². The standard InChI is InChI=1S/C16H21ClN2O2.ClH/c1-10(21-13-4-2-3-12(17)7-13)16(20)19-8-11-5-6-15(18)14(11)9-19;/h2-4,7,10-11,14-15H,5-6,8-9,18H2,1H3;1H. The number of hydrogen-bond donors (Lipinski definition) is 1. The Morgan fingerprint density at radius 3 is 2.86 bits per heavy atom. The summed E-state index contributed by atoms with van der Waals surface area (Å²) in [5.41, 5.74) is 6.11. The molecule has 4 nitrogen and oxygen atoms in total. The van der Waals surface area contributed by atoms with E-state index in [2.05, 4.69) is 0 Å². The Hall–Kier alpha value is -0.970. The van der Waals surface area contributed by atoms with Crippen LogP contribution in [0.2, 0.25) is 5.02 Å². The number of likely N-dealkylation sites (tertiary alicyclic amines) is 1. The first kappa shape index (κ1) is 17.4. The van der Waals surface area contributed by atoms with Crippen molar-refractivity contribution < 1.29 is 9.53 Å². The maximum Gasteiger partial charge on any atom is 0.263 e. The van der Waals surface area contributed by atoms with Gasteiger partial charge >= 0.3 is 0 Å². The summed E-state index contributed by atoms with van der Waals surface area (Å²) < 4.78 is 5.71. The number of carbonyl (C=O) groups is 1. The van der Waals surface area contributed by atoms with Crippen LogP contribution in [0.5, 0.6) is 5.75 Å². The fraction of sp³-hybridized carbons (Fsp3) is 0.562. The third-order valence-corrected chi connectivity index (χ3v) is 4.92. The van der Waals surface area contributed by atoms with E-state index >= 15 is 0 Å². The van der Waals surface area contributed by atoms with Crippen molar-refractivity contribution in [2.45, 2.75) is 31.9 Å². The van der Waals surface area contributed by atoms with Gasteiger partial charge in [0.15, 0.2) is 6.10 Å². The Bertz CT molecular complexity index is 541. The summed E-state index contributed by atoms with van der Waals surface area (Å²) >= 11 is 5.93. The monoisotopic (exact) mass is 344 g/mol. The van der Waals surface area contributed by atoms with Crippen molar-refractivity contribution in [3.8, 4) is 5.75 Å². The summed E-state index contributed by atoms with van der Waals surface area (Å²) in [6.07, 6.45) is 1.73. The Morgan fingerprint density at radius 1 is 1.41 bits per heavy atom. The second-order valence-electron chi connectivity index (χ2n) is 6.13. The molecule has 1 aromatic rings. The molecule has 0 spiro atoms. The molecule has 2 fully saturated rings. The Morgan fingerprint density at radius 2 is 2.18 bits per heavy atom. The molecule has 2 N–H and O–H groups in total. The molecule has 3 rings (SSSR count). The second-order valence-corrected chi connectivity index (χ2v) is 6.56. The Labute approximate surface area is 142 Å². The predicted octanol–water partition coefficient (Wildman–Crippen LogP) is 2.72. The van der Waals surface area contributed by atoms with Crippen molar-refractivity contribution in [3.63, 3.8) is 0 Å². The summed E-state index contributed by atoms with van der Waals surface area (Å²) in [6, 6.07) is 7.37. The number of nitrogens with two attached hydrogens (primary N) is 1. The van der Waals surface area contributed by atoms with Crippen molar-refractivity contribution in [2.75, 3.05) is 13.1 Å². The predicted molar refractivity (Wildman–Crippen MR) is 89.6 cm³/mol. The largest absolute Gasteiger partial charge is 0.481 e. The van der Waals surface area contributed by atoms with Gasteiger partial charge in [0.25, 0.3) is 5.91 Å². The van der Waals surface area contributed by atoms with E-state index in [0.717, 1.165) is 25.9 Å². The molecule has 0 bridgehead atoms. The van der Waals surface area contributed by atoms with Gasteiger partial charge in [-0.15, -0.1) is 12.4 Å². The SMILES string of the molecule is CC(Oc1cccc(Cl)c1)C(=O)N1CC2CCC(N)C2C1.Cl. The van der Waals surface area contributed by atoms with Crippen LogP contribution < -0.4 is 10.5 Å². The van der Waals surface area contributed by atoms with Crippen LogP contribution >= 0.6 is 24.0 Å². The summed E-state index contributed by atoms with van der Waals surface area (Å²) in [5.74, 6) is 1.70. The number of hydrogen-bond acceptors (Lipinski definition) is 3. The molecule has 2 aliphatic rings. The van der Waals surface area contributed by atoms with Crippen molar-refractivity contribution in [1.29, 1.82) is 0 Å². The molecular weight excluding hydrogens is 323 g/mol. The average Bonchev–Trinajstić information content (AvgIpc) is 3.00. The lowest BCUT2D eigenvalue weighted by atomic mass is 9.98. The van der Waals surface area contributed by atoms with Crippen LogP contribution in [0.1, 0.15) is 19.8 Å². The van der Waals surface area contributed by atoms with Gasteiger partial charge in [-0.25, -0.2) is 0 Å². The van der Waals surface area contributed by atoms with Crippen molar-refractivity contribution in [3.05, 3.63) is 29.3 Å². The highest BCUT2D eigenvalue weighted by atomic mass is 35.5. The van der Waals surface area contributed by atoms with E-state index in [1.807, 2.05) is 17.0 Å². The van der Waals surface area contributed by atoms with Crippen molar-refractivity contribution in [2.24, 2.45) is 17.6 Å². The van der Waals surface area contributed by atoms with Crippen LogP contribution in [-0.4, -0.2) is 36.0 Å². The van der Waals surface area contributed by atoms with Gasteiger partial charge in [-0.1, -0.05) is 17.7 Å². The highest BCUT2D eigenvalue weighted by molar-refractivity contribution is 6.30. The van der Waals surface area contributed by atoms with Gasteiger partial charge in [-0.2, -0.15) is 0 Å². The first-order chi connectivity index (χ1) is 10.0. The molecule has 4 atom stereocenters. The molecule has 1 aliphatic heterocycles. The van der Waals surface area contributed by atoms with Crippen LogP contribution in [0.25, 0.3) is 0 Å². The number of nitrogens with zero attached hydrogens (tertiary/aromatic N) is 1. The second kappa shape index (κ2) is 7.07. The molecule has 122 valence electrons. The molecular formula is C16H22Cl2N2O2. The normalized spacial score (nSPS) is 28.0. The number of rotatable bonds is 3. The maximum absolute atomic E-state index is 12.5. The summed E-state index contributed by atoms with van der Waals surface area (Å²) in [7, 11) is 0. The molecule has 22 heavy (non-hydrogen) atoms. The van der Waals surface area contributed by atoms with E-state index in [4.69, 9.17) is 22.1 Å². The minimum absolute atomic E-state index is 0. The fourth-order valence-corrected chi connectivity index (χ4v) is 3.72. The minimum Gasteiger partial charge on any atom is -0.481 e. The zero-order valence-corrected chi connectivity index (χ0v) is 14.1. The lowest BCUT2D eigenvalue weighted by Gasteiger charge is -2.23. The van der Waals surface area contributed by atoms with E-state index in [1.54, 1.807) is 19.1 Å². The molecule has 0 aromatic heterocycles. The smallest absolute Gasteiger partial charge is 0.263 e. The lowest BCUT2D eigenvalue weighted by molar-refractivity contribution is -0.137. The first-order valence-corrected chi connectivity index (χ1v) is 7.89. The average molecular weight is 345 g/mol. The van der Waals surface area contributed by atoms with Gasteiger partial charge in [0, 0.05) is 24.2 Å². The molecule has 1 saturated heterocycles. The topological polar surface area (TPSA) is 55.6 Å². The van der Waals surface area contributed by atoms with Crippen molar-refractivity contribution in [1.82, 2.24) is 4.90 Å². The van der Waals surface area contributed by atoms with Crippen LogP contribution in [0, 0.1) is 11.8 Å². The van der Waals surface area contributed by atoms with Crippen LogP contribution in [0.3, 0.4) is 0 Å². The summed E-state index contributed by atoms with van der Waals surface area (Å²) in [6.45, 7) is 3.38. The minimum atomic E-state index is -0.501. The molecule has 1 heterocycles. The van der Waals surface area contributed by atoms with Gasteiger partial charge in [-0.3, -0.25) is 4.79 Å². The highest BCUT2D eigenvalue weighted by Gasteiger charge is 2.43. The van der Waals surface area contributed by atoms with Gasteiger partial charge in [0.1, 0.15) is 5.75 Å².